The van der Waals surface area contributed by atoms with Gasteiger partial charge in [0, 0.05) is 12.3 Å². The zero-order valence-corrected chi connectivity index (χ0v) is 7.57. The van der Waals surface area contributed by atoms with Crippen molar-refractivity contribution < 1.29 is 0 Å². The summed E-state index contributed by atoms with van der Waals surface area (Å²) < 4.78 is 0. The van der Waals surface area contributed by atoms with Gasteiger partial charge in [0.1, 0.15) is 0 Å². The van der Waals surface area contributed by atoms with Gasteiger partial charge in [0.05, 0.1) is 0 Å². The molecule has 58 valence electrons. The molecule has 10 heavy (non-hydrogen) atoms. The molecule has 0 aromatic rings. The van der Waals surface area contributed by atoms with Crippen molar-refractivity contribution in [1.29, 1.82) is 0 Å². The Labute approximate surface area is 65.0 Å². The molecular weight excluding hydrogens is 120 g/mol. The minimum absolute atomic E-state index is 0.611. The largest absolute Gasteiger partial charge is 0.103 e. The maximum atomic E-state index is 3.27. The molecule has 0 saturated carbocycles. The predicted octanol–water partition coefficient (Wildman–Crippen LogP) is 3.08. The Balaban J connectivity index is 3.82. The zero-order chi connectivity index (χ0) is 7.98. The molecule has 0 spiro atoms. The summed E-state index contributed by atoms with van der Waals surface area (Å²) in [6.07, 6.45) is 2.17. The van der Waals surface area contributed by atoms with Crippen molar-refractivity contribution in [2.75, 3.05) is 0 Å². The van der Waals surface area contributed by atoms with E-state index >= 15 is 0 Å². The smallest absolute Gasteiger partial charge is 0.0223 e. The maximum Gasteiger partial charge on any atom is 0.0223 e. The van der Waals surface area contributed by atoms with Gasteiger partial charge in [0.25, 0.3) is 0 Å². The van der Waals surface area contributed by atoms with Crippen molar-refractivity contribution >= 4 is 0 Å². The lowest BCUT2D eigenvalue weighted by atomic mass is 9.94. The second-order valence-electron chi connectivity index (χ2n) is 2.93. The van der Waals surface area contributed by atoms with E-state index in [0.29, 0.717) is 11.8 Å². The lowest BCUT2D eigenvalue weighted by Crippen LogP contribution is -2.03. The van der Waals surface area contributed by atoms with E-state index in [1.807, 2.05) is 0 Å². The first kappa shape index (κ1) is 9.56. The average molecular weight is 138 g/mol. The van der Waals surface area contributed by atoms with E-state index in [2.05, 4.69) is 39.5 Å². The molecule has 0 N–H and O–H groups in total. The quantitative estimate of drug-likeness (QED) is 0.514. The molecule has 0 bridgehead atoms. The van der Waals surface area contributed by atoms with Crippen LogP contribution in [0.5, 0.6) is 0 Å². The second-order valence-corrected chi connectivity index (χ2v) is 2.93. The first-order chi connectivity index (χ1) is 4.72. The molecule has 0 aromatic heterocycles. The standard InChI is InChI=1S/C10H18/c1-5-7-8-10(6-2)9(3)4/h9-10H,5-6H2,1-4H3. The summed E-state index contributed by atoms with van der Waals surface area (Å²) in [6, 6.07) is 0. The van der Waals surface area contributed by atoms with Crippen molar-refractivity contribution in [3.63, 3.8) is 0 Å². The van der Waals surface area contributed by atoms with Gasteiger partial charge in [-0.3, -0.25) is 0 Å². The van der Waals surface area contributed by atoms with E-state index in [-0.39, 0.29) is 0 Å². The summed E-state index contributed by atoms with van der Waals surface area (Å²) in [7, 11) is 0. The fourth-order valence-corrected chi connectivity index (χ4v) is 0.973. The molecule has 0 aromatic carbocycles. The van der Waals surface area contributed by atoms with Crippen LogP contribution in [0.1, 0.15) is 40.5 Å². The molecule has 0 aliphatic heterocycles. The lowest BCUT2D eigenvalue weighted by molar-refractivity contribution is 0.468. The van der Waals surface area contributed by atoms with Crippen molar-refractivity contribution in [3.05, 3.63) is 0 Å². The van der Waals surface area contributed by atoms with Crippen LogP contribution in [0.3, 0.4) is 0 Å². The zero-order valence-electron chi connectivity index (χ0n) is 7.57. The Morgan fingerprint density at radius 3 is 2.10 bits per heavy atom. The highest BCUT2D eigenvalue weighted by molar-refractivity contribution is 5.03. The highest BCUT2D eigenvalue weighted by Crippen LogP contribution is 2.12. The molecule has 0 aliphatic carbocycles. The molecule has 0 aliphatic rings. The summed E-state index contributed by atoms with van der Waals surface area (Å²) in [4.78, 5) is 0. The van der Waals surface area contributed by atoms with E-state index in [0.717, 1.165) is 6.42 Å². The molecule has 0 heterocycles. The van der Waals surface area contributed by atoms with Gasteiger partial charge in [-0.05, 0) is 12.3 Å². The van der Waals surface area contributed by atoms with Crippen LogP contribution >= 0.6 is 0 Å². The molecule has 0 saturated heterocycles. The number of hydrogen-bond acceptors (Lipinski definition) is 0. The molecule has 0 nitrogen and oxygen atoms in total. The summed E-state index contributed by atoms with van der Waals surface area (Å²) in [5, 5.41) is 0. The average Bonchev–Trinajstić information content (AvgIpc) is 1.89. The van der Waals surface area contributed by atoms with Crippen LogP contribution in [0.15, 0.2) is 0 Å². The van der Waals surface area contributed by atoms with Gasteiger partial charge in [-0.2, -0.15) is 0 Å². The summed E-state index contributed by atoms with van der Waals surface area (Å²) >= 11 is 0. The topological polar surface area (TPSA) is 0 Å². The van der Waals surface area contributed by atoms with Crippen LogP contribution in [0.25, 0.3) is 0 Å². The van der Waals surface area contributed by atoms with Crippen molar-refractivity contribution in [3.8, 4) is 11.8 Å². The monoisotopic (exact) mass is 138 g/mol. The number of hydrogen-bond donors (Lipinski definition) is 0. The minimum atomic E-state index is 0.611. The SMILES string of the molecule is CCC#CC(CC)C(C)C. The Bertz CT molecular complexity index is 123. The molecule has 0 rings (SSSR count). The molecule has 0 fully saturated rings. The molecule has 0 heteroatoms. The summed E-state index contributed by atoms with van der Waals surface area (Å²) in [5.41, 5.74) is 0. The van der Waals surface area contributed by atoms with Gasteiger partial charge in [-0.25, -0.2) is 0 Å². The van der Waals surface area contributed by atoms with Gasteiger partial charge in [-0.15, -0.1) is 5.92 Å². The molecule has 1 atom stereocenters. The second kappa shape index (κ2) is 5.35. The van der Waals surface area contributed by atoms with Crippen LogP contribution in [0, 0.1) is 23.7 Å². The van der Waals surface area contributed by atoms with Gasteiger partial charge in [0.15, 0.2) is 0 Å². The van der Waals surface area contributed by atoms with Crippen LogP contribution in [0.2, 0.25) is 0 Å². The Morgan fingerprint density at radius 1 is 1.20 bits per heavy atom. The lowest BCUT2D eigenvalue weighted by Gasteiger charge is -2.10. The fourth-order valence-electron chi connectivity index (χ4n) is 0.973. The fraction of sp³-hybridized carbons (Fsp3) is 0.800. The van der Waals surface area contributed by atoms with Gasteiger partial charge < -0.3 is 0 Å². The van der Waals surface area contributed by atoms with Crippen molar-refractivity contribution in [2.24, 2.45) is 11.8 Å². The van der Waals surface area contributed by atoms with E-state index in [1.165, 1.54) is 6.42 Å². The molecule has 1 unspecified atom stereocenters. The van der Waals surface area contributed by atoms with Crippen LogP contribution in [0.4, 0.5) is 0 Å². The highest BCUT2D eigenvalue weighted by atomic mass is 14.1. The third kappa shape index (κ3) is 3.56. The Kier molecular flexibility index (Phi) is 5.12. The van der Waals surface area contributed by atoms with Crippen molar-refractivity contribution in [2.45, 2.75) is 40.5 Å². The van der Waals surface area contributed by atoms with Gasteiger partial charge in [0.2, 0.25) is 0 Å². The third-order valence-corrected chi connectivity index (χ3v) is 1.71. The van der Waals surface area contributed by atoms with E-state index in [4.69, 9.17) is 0 Å². The first-order valence-electron chi connectivity index (χ1n) is 4.20. The Hall–Kier alpha value is -0.440. The predicted molar refractivity (Wildman–Crippen MR) is 46.7 cm³/mol. The van der Waals surface area contributed by atoms with Crippen LogP contribution < -0.4 is 0 Å². The third-order valence-electron chi connectivity index (χ3n) is 1.71. The van der Waals surface area contributed by atoms with E-state index in [9.17, 15) is 0 Å². The molecule has 0 amide bonds. The van der Waals surface area contributed by atoms with E-state index < -0.39 is 0 Å². The van der Waals surface area contributed by atoms with E-state index in [1.54, 1.807) is 0 Å². The summed E-state index contributed by atoms with van der Waals surface area (Å²) in [6.45, 7) is 8.77. The minimum Gasteiger partial charge on any atom is -0.103 e. The normalized spacial score (nSPS) is 12.5. The Morgan fingerprint density at radius 2 is 1.80 bits per heavy atom. The van der Waals surface area contributed by atoms with Crippen LogP contribution in [-0.2, 0) is 0 Å². The summed E-state index contributed by atoms with van der Waals surface area (Å²) in [5.74, 6) is 7.72. The van der Waals surface area contributed by atoms with Crippen LogP contribution in [-0.4, -0.2) is 0 Å². The molecular formula is C10H18. The van der Waals surface area contributed by atoms with Crippen molar-refractivity contribution in [1.82, 2.24) is 0 Å². The maximum absolute atomic E-state index is 3.27. The number of rotatable bonds is 2. The van der Waals surface area contributed by atoms with Gasteiger partial charge in [-0.1, -0.05) is 33.6 Å². The van der Waals surface area contributed by atoms with Gasteiger partial charge >= 0.3 is 0 Å². The first-order valence-corrected chi connectivity index (χ1v) is 4.20. The molecule has 0 radical (unpaired) electrons. The highest BCUT2D eigenvalue weighted by Gasteiger charge is 2.05.